The Balaban J connectivity index is 0.00000216. The minimum absolute atomic E-state index is 0. The van der Waals surface area contributed by atoms with E-state index in [1.165, 1.54) is 11.1 Å². The molecule has 6 heteroatoms. The zero-order valence-corrected chi connectivity index (χ0v) is 21.3. The molecule has 0 aromatic heterocycles. The Morgan fingerprint density at radius 3 is 2.53 bits per heavy atom. The Kier molecular flexibility index (Phi) is 4.70. The molecule has 2 spiro atoms. The predicted octanol–water partition coefficient (Wildman–Crippen LogP) is 3.71. The molecule has 7 rings (SSSR count). The first-order chi connectivity index (χ1) is 14.6. The summed E-state index contributed by atoms with van der Waals surface area (Å²) >= 11 is 0. The van der Waals surface area contributed by atoms with Gasteiger partial charge in [-0.15, -0.1) is 0 Å². The van der Waals surface area contributed by atoms with Crippen LogP contribution in [0.5, 0.6) is 11.5 Å². The van der Waals surface area contributed by atoms with Crippen LogP contribution in [0.2, 0.25) is 0 Å². The number of piperidine rings is 1. The van der Waals surface area contributed by atoms with E-state index in [1.807, 2.05) is 14.0 Å². The molecule has 6 aliphatic rings. The average Bonchev–Trinajstić information content (AvgIpc) is 3.09. The molecule has 32 heavy (non-hydrogen) atoms. The molecule has 1 aromatic rings. The van der Waals surface area contributed by atoms with Crippen LogP contribution in [0.4, 0.5) is 0 Å². The van der Waals surface area contributed by atoms with E-state index >= 15 is 0 Å². The quantitative estimate of drug-likeness (QED) is 0.719. The number of nitrogens with one attached hydrogen (secondary N) is 1. The van der Waals surface area contributed by atoms with Gasteiger partial charge in [0.2, 0.25) is 0 Å². The summed E-state index contributed by atoms with van der Waals surface area (Å²) in [6.45, 7) is 9.48. The molecular weight excluding hydrogens is 422 g/mol. The van der Waals surface area contributed by atoms with Gasteiger partial charge in [-0.3, -0.25) is 0 Å². The van der Waals surface area contributed by atoms with Gasteiger partial charge in [-0.1, -0.05) is 26.8 Å². The minimum Gasteiger partial charge on any atom is -0.493 e. The van der Waals surface area contributed by atoms with E-state index in [9.17, 15) is 5.11 Å². The maximum atomic E-state index is 12.0. The third-order valence-corrected chi connectivity index (χ3v) is 10.6. The van der Waals surface area contributed by atoms with E-state index in [-0.39, 0.29) is 41.8 Å². The summed E-state index contributed by atoms with van der Waals surface area (Å²) in [6, 6.07) is 4.73. The van der Waals surface area contributed by atoms with Gasteiger partial charge in [-0.05, 0) is 62.6 Å². The molecule has 4 aliphatic carbocycles. The van der Waals surface area contributed by atoms with Crippen LogP contribution in [0.25, 0.3) is 0 Å². The van der Waals surface area contributed by atoms with Gasteiger partial charge < -0.3 is 24.6 Å². The fourth-order valence-corrected chi connectivity index (χ4v) is 8.68. The maximum absolute atomic E-state index is 12.0. The van der Waals surface area contributed by atoms with E-state index in [0.717, 1.165) is 50.1 Å². The second-order valence-corrected chi connectivity index (χ2v) is 12.0. The van der Waals surface area contributed by atoms with Crippen molar-refractivity contribution in [2.75, 3.05) is 20.8 Å². The molecule has 2 heterocycles. The third-order valence-electron chi connectivity index (χ3n) is 10.6. The van der Waals surface area contributed by atoms with Gasteiger partial charge in [0, 0.05) is 35.5 Å². The van der Waals surface area contributed by atoms with Crippen LogP contribution >= 0.6 is 13.5 Å². The molecule has 5 nitrogen and oxygen atoms in total. The summed E-state index contributed by atoms with van der Waals surface area (Å²) in [5, 5.41) is 15.9. The first-order valence-corrected chi connectivity index (χ1v) is 12.0. The smallest absolute Gasteiger partial charge is 0.165 e. The average molecular weight is 462 g/mol. The number of ether oxygens (including phenoxy) is 3. The molecule has 7 atom stereocenters. The zero-order valence-electron chi connectivity index (χ0n) is 20.3. The van der Waals surface area contributed by atoms with Crippen molar-refractivity contribution in [3.8, 4) is 11.5 Å². The van der Waals surface area contributed by atoms with Crippen molar-refractivity contribution in [2.45, 2.75) is 88.6 Å². The zero-order chi connectivity index (χ0) is 22.0. The van der Waals surface area contributed by atoms with Crippen molar-refractivity contribution >= 4 is 13.5 Å². The summed E-state index contributed by atoms with van der Waals surface area (Å²) in [7, 11) is 3.57. The number of methoxy groups -OCH3 is 2. The van der Waals surface area contributed by atoms with Crippen LogP contribution in [0.15, 0.2) is 12.1 Å². The van der Waals surface area contributed by atoms with Crippen molar-refractivity contribution < 1.29 is 19.3 Å². The molecule has 2 N–H and O–H groups in total. The fraction of sp³-hybridized carbons (Fsp3) is 0.769. The SMILES string of the molecule is COc1ccc2c3c1OC1C34CCNC(C2)[C@]42CC[C@@]1(OC)[C@@H]([C@@](C)(O)C(C)(C)C)C2.S. The Hall–Kier alpha value is -0.950. The number of rotatable bonds is 3. The number of hydrogen-bond donors (Lipinski definition) is 2. The second kappa shape index (κ2) is 6.59. The predicted molar refractivity (Wildman–Crippen MR) is 129 cm³/mol. The fourth-order valence-electron chi connectivity index (χ4n) is 8.68. The Labute approximate surface area is 199 Å². The third kappa shape index (κ3) is 2.19. The lowest BCUT2D eigenvalue weighted by Gasteiger charge is -2.74. The van der Waals surface area contributed by atoms with E-state index in [0.29, 0.717) is 6.04 Å². The number of fused-ring (bicyclic) bond motifs is 2. The molecule has 2 aliphatic heterocycles. The van der Waals surface area contributed by atoms with Crippen molar-refractivity contribution in [1.82, 2.24) is 5.32 Å². The van der Waals surface area contributed by atoms with Crippen molar-refractivity contribution in [3.05, 3.63) is 23.3 Å². The molecular formula is C26H39NO4S. The van der Waals surface area contributed by atoms with Crippen molar-refractivity contribution in [2.24, 2.45) is 16.7 Å². The highest BCUT2D eigenvalue weighted by Crippen LogP contribution is 2.77. The normalized spacial score (nSPS) is 42.4. The standard InChI is InChI=1S/C26H37NO4.H2S/c1-22(2,3)23(4,28)17-14-24-9-10-26(17,30-6)21-25(24)11-12-27-18(24)13-15-7-8-16(29-5)20(31-21)19(15)25;/h7-8,17-18,21,27-28H,9-14H2,1-6H3;1H2/t17-,18?,21?,23-,24-,25?,26-;/m1./s1. The monoisotopic (exact) mass is 461 g/mol. The molecule has 1 aromatic carbocycles. The van der Waals surface area contributed by atoms with E-state index in [2.05, 4.69) is 38.2 Å². The van der Waals surface area contributed by atoms with Gasteiger partial charge in [-0.25, -0.2) is 0 Å². The first kappa shape index (κ1) is 22.8. The van der Waals surface area contributed by atoms with Crippen LogP contribution in [0.1, 0.15) is 64.5 Å². The molecule has 1 saturated heterocycles. The van der Waals surface area contributed by atoms with Gasteiger partial charge in [0.05, 0.1) is 12.7 Å². The lowest BCUT2D eigenvalue weighted by Crippen LogP contribution is -2.83. The molecule has 4 bridgehead atoms. The van der Waals surface area contributed by atoms with E-state index in [4.69, 9.17) is 14.2 Å². The molecule has 3 saturated carbocycles. The second-order valence-electron chi connectivity index (χ2n) is 12.0. The Morgan fingerprint density at radius 1 is 1.12 bits per heavy atom. The highest BCUT2D eigenvalue weighted by atomic mass is 32.1. The summed E-state index contributed by atoms with van der Waals surface area (Å²) < 4.78 is 19.3. The van der Waals surface area contributed by atoms with E-state index < -0.39 is 11.2 Å². The Morgan fingerprint density at radius 2 is 1.88 bits per heavy atom. The van der Waals surface area contributed by atoms with Crippen LogP contribution in [0, 0.1) is 16.7 Å². The number of aliphatic hydroxyl groups is 1. The lowest BCUT2D eigenvalue weighted by molar-refractivity contribution is -0.303. The molecule has 4 fully saturated rings. The molecule has 0 amide bonds. The molecule has 178 valence electrons. The summed E-state index contributed by atoms with van der Waals surface area (Å²) in [6.07, 6.45) is 4.99. The number of hydrogen-bond acceptors (Lipinski definition) is 5. The summed E-state index contributed by atoms with van der Waals surface area (Å²) in [5.41, 5.74) is 1.13. The van der Waals surface area contributed by atoms with Crippen LogP contribution in [0.3, 0.4) is 0 Å². The van der Waals surface area contributed by atoms with Crippen molar-refractivity contribution in [3.63, 3.8) is 0 Å². The number of benzene rings is 1. The van der Waals surface area contributed by atoms with Gasteiger partial charge in [-0.2, -0.15) is 13.5 Å². The van der Waals surface area contributed by atoms with Crippen molar-refractivity contribution in [1.29, 1.82) is 0 Å². The highest BCUT2D eigenvalue weighted by molar-refractivity contribution is 7.59. The van der Waals surface area contributed by atoms with Gasteiger partial charge in [0.1, 0.15) is 11.7 Å². The topological polar surface area (TPSA) is 60.0 Å². The largest absolute Gasteiger partial charge is 0.493 e. The van der Waals surface area contributed by atoms with E-state index in [1.54, 1.807) is 7.11 Å². The lowest BCUT2D eigenvalue weighted by atomic mass is 9.33. The van der Waals surface area contributed by atoms with Gasteiger partial charge >= 0.3 is 0 Å². The summed E-state index contributed by atoms with van der Waals surface area (Å²) in [5.74, 6) is 1.77. The van der Waals surface area contributed by atoms with Crippen LogP contribution in [-0.2, 0) is 16.6 Å². The molecule has 3 unspecified atom stereocenters. The van der Waals surface area contributed by atoms with Crippen LogP contribution in [-0.4, -0.2) is 49.2 Å². The van der Waals surface area contributed by atoms with Gasteiger partial charge in [0.15, 0.2) is 11.5 Å². The maximum Gasteiger partial charge on any atom is 0.165 e. The first-order valence-electron chi connectivity index (χ1n) is 12.0. The Bertz CT molecular complexity index is 958. The summed E-state index contributed by atoms with van der Waals surface area (Å²) in [4.78, 5) is 0. The highest BCUT2D eigenvalue weighted by Gasteiger charge is 2.81. The van der Waals surface area contributed by atoms with Crippen LogP contribution < -0.4 is 14.8 Å². The van der Waals surface area contributed by atoms with Gasteiger partial charge in [0.25, 0.3) is 0 Å². The molecule has 0 radical (unpaired) electrons. The minimum atomic E-state index is -0.880.